The van der Waals surface area contributed by atoms with Crippen molar-refractivity contribution >= 4 is 19.8 Å². The fourth-order valence-electron chi connectivity index (χ4n) is 6.35. The van der Waals surface area contributed by atoms with Gasteiger partial charge in [-0.05, 0) is 70.6 Å². The van der Waals surface area contributed by atoms with Crippen molar-refractivity contribution in [2.75, 3.05) is 13.2 Å². The monoisotopic (exact) mass is 845 g/mol. The smallest absolute Gasteiger partial charge is 0.462 e. The van der Waals surface area contributed by atoms with Gasteiger partial charge in [-0.1, -0.05) is 127 Å². The number of aliphatic hydroxyl groups is 5. The van der Waals surface area contributed by atoms with Crippen molar-refractivity contribution in [1.82, 2.24) is 0 Å². The molecular formula is C44H77O13P. The fraction of sp³-hybridized carbons (Fsp3) is 0.773. The van der Waals surface area contributed by atoms with Crippen LogP contribution in [-0.4, -0.2) is 98.3 Å². The van der Waals surface area contributed by atoms with Crippen LogP contribution < -0.4 is 0 Å². The summed E-state index contributed by atoms with van der Waals surface area (Å²) in [4.78, 5) is 35.6. The summed E-state index contributed by atoms with van der Waals surface area (Å²) in [5.41, 5.74) is 0. The zero-order valence-corrected chi connectivity index (χ0v) is 36.2. The van der Waals surface area contributed by atoms with Crippen molar-refractivity contribution in [3.63, 3.8) is 0 Å². The van der Waals surface area contributed by atoms with Crippen LogP contribution in [0.3, 0.4) is 0 Å². The van der Waals surface area contributed by atoms with Gasteiger partial charge in [0, 0.05) is 12.8 Å². The first-order valence-electron chi connectivity index (χ1n) is 21.9. The van der Waals surface area contributed by atoms with Gasteiger partial charge in [-0.25, -0.2) is 4.57 Å². The maximum atomic E-state index is 12.8. The quantitative estimate of drug-likeness (QED) is 0.0155. The minimum absolute atomic E-state index is 0.0742. The van der Waals surface area contributed by atoms with E-state index in [9.17, 15) is 44.6 Å². The van der Waals surface area contributed by atoms with Crippen molar-refractivity contribution < 1.29 is 63.1 Å². The lowest BCUT2D eigenvalue weighted by Crippen LogP contribution is -2.64. The van der Waals surface area contributed by atoms with E-state index >= 15 is 0 Å². The Hall–Kier alpha value is -2.19. The Morgan fingerprint density at radius 1 is 0.552 bits per heavy atom. The van der Waals surface area contributed by atoms with E-state index in [1.807, 2.05) is 0 Å². The van der Waals surface area contributed by atoms with Crippen LogP contribution in [0.5, 0.6) is 0 Å². The summed E-state index contributed by atoms with van der Waals surface area (Å²) in [6.45, 7) is 3.14. The van der Waals surface area contributed by atoms with Crippen LogP contribution in [-0.2, 0) is 32.7 Å². The molecular weight excluding hydrogens is 767 g/mol. The molecule has 0 bridgehead atoms. The topological polar surface area (TPSA) is 210 Å². The normalized spacial score (nSPS) is 23.0. The van der Waals surface area contributed by atoms with Crippen LogP contribution in [0.1, 0.15) is 162 Å². The number of phosphoric ester groups is 1. The number of ether oxygens (including phenoxy) is 2. The van der Waals surface area contributed by atoms with E-state index in [0.717, 1.165) is 89.9 Å². The first-order chi connectivity index (χ1) is 27.9. The van der Waals surface area contributed by atoms with Crippen molar-refractivity contribution in [3.05, 3.63) is 48.6 Å². The van der Waals surface area contributed by atoms with Crippen LogP contribution in [0.15, 0.2) is 48.6 Å². The van der Waals surface area contributed by atoms with E-state index in [1.54, 1.807) is 0 Å². The molecule has 0 spiro atoms. The van der Waals surface area contributed by atoms with Crippen LogP contribution >= 0.6 is 7.82 Å². The van der Waals surface area contributed by atoms with Gasteiger partial charge in [-0.15, -0.1) is 0 Å². The molecule has 1 saturated carbocycles. The number of phosphoric acid groups is 1. The summed E-state index contributed by atoms with van der Waals surface area (Å²) in [6.07, 6.45) is 26.0. The average Bonchev–Trinajstić information content (AvgIpc) is 3.20. The van der Waals surface area contributed by atoms with E-state index in [2.05, 4.69) is 62.5 Å². The van der Waals surface area contributed by atoms with Crippen molar-refractivity contribution in [1.29, 1.82) is 0 Å². The van der Waals surface area contributed by atoms with Crippen LogP contribution in [0.25, 0.3) is 0 Å². The molecule has 0 aromatic carbocycles. The van der Waals surface area contributed by atoms with Crippen molar-refractivity contribution in [2.45, 2.75) is 204 Å². The first kappa shape index (κ1) is 53.8. The number of rotatable bonds is 35. The highest BCUT2D eigenvalue weighted by atomic mass is 31.2. The zero-order chi connectivity index (χ0) is 42.9. The Balaban J connectivity index is 2.51. The summed E-state index contributed by atoms with van der Waals surface area (Å²) in [5.74, 6) is -1.13. The summed E-state index contributed by atoms with van der Waals surface area (Å²) in [7, 11) is -5.12. The number of aliphatic hydroxyl groups excluding tert-OH is 5. The lowest BCUT2D eigenvalue weighted by atomic mass is 9.85. The zero-order valence-electron chi connectivity index (χ0n) is 35.3. The lowest BCUT2D eigenvalue weighted by Gasteiger charge is -2.41. The highest BCUT2D eigenvalue weighted by molar-refractivity contribution is 7.47. The Morgan fingerprint density at radius 2 is 0.983 bits per heavy atom. The van der Waals surface area contributed by atoms with Crippen molar-refractivity contribution in [2.24, 2.45) is 0 Å². The molecule has 1 fully saturated rings. The van der Waals surface area contributed by atoms with Crippen LogP contribution in [0, 0.1) is 0 Å². The fourth-order valence-corrected chi connectivity index (χ4v) is 7.33. The second-order valence-electron chi connectivity index (χ2n) is 15.2. The summed E-state index contributed by atoms with van der Waals surface area (Å²) < 4.78 is 33.4. The Labute approximate surface area is 348 Å². The van der Waals surface area contributed by atoms with Gasteiger partial charge >= 0.3 is 19.8 Å². The molecule has 0 saturated heterocycles. The molecule has 13 nitrogen and oxygen atoms in total. The SMILES string of the molecule is CC/C=C\C/C=C\C/C=C\CCCCCCCC(=O)O[C@H](COC(=O)CCCCCCC/C=C\CCCCCCC)COP(=O)(O)OC1C(O)C(O)C(O)[C@@H](O)C1O. The van der Waals surface area contributed by atoms with E-state index in [1.165, 1.54) is 32.1 Å². The predicted molar refractivity (Wildman–Crippen MR) is 226 cm³/mol. The summed E-state index contributed by atoms with van der Waals surface area (Å²) in [5, 5.41) is 50.1. The van der Waals surface area contributed by atoms with Gasteiger partial charge < -0.3 is 39.9 Å². The highest BCUT2D eigenvalue weighted by Gasteiger charge is 2.51. The average molecular weight is 845 g/mol. The standard InChI is InChI=1S/C44H77O13P/c1-3-5-7-9-11-13-15-17-19-21-23-25-27-29-31-33-38(46)56-36(35-55-58(52,53)57-44-42(50)40(48)39(47)41(49)43(44)51)34-54-37(45)32-30-28-26-24-22-20-18-16-14-12-10-8-6-4-2/h5,7,11,13,16-19,36,39-44,47-51H,3-4,6,8-10,12,14-15,20-35H2,1-2H3,(H,52,53)/b7-5-,13-11-,18-16-,19-17-/t36-,39?,40-,41?,42?,43?,44?/m1/s1. The minimum atomic E-state index is -5.12. The minimum Gasteiger partial charge on any atom is -0.462 e. The Kier molecular flexibility index (Phi) is 32.0. The van der Waals surface area contributed by atoms with Gasteiger partial charge in [0.1, 0.15) is 43.2 Å². The second-order valence-corrected chi connectivity index (χ2v) is 16.6. The van der Waals surface area contributed by atoms with Gasteiger partial charge in [0.05, 0.1) is 6.61 Å². The van der Waals surface area contributed by atoms with Crippen LogP contribution in [0.4, 0.5) is 0 Å². The highest BCUT2D eigenvalue weighted by Crippen LogP contribution is 2.47. The van der Waals surface area contributed by atoms with Gasteiger partial charge in [0.15, 0.2) is 6.10 Å². The molecule has 6 unspecified atom stereocenters. The predicted octanol–water partition coefficient (Wildman–Crippen LogP) is 8.00. The molecule has 0 aromatic rings. The molecule has 0 aliphatic heterocycles. The van der Waals surface area contributed by atoms with E-state index in [4.69, 9.17) is 18.5 Å². The summed E-state index contributed by atoms with van der Waals surface area (Å²) >= 11 is 0. The third kappa shape index (κ3) is 26.8. The van der Waals surface area contributed by atoms with Gasteiger partial charge in [0.2, 0.25) is 0 Å². The Morgan fingerprint density at radius 3 is 1.52 bits per heavy atom. The van der Waals surface area contributed by atoms with E-state index < -0.39 is 75.7 Å². The molecule has 14 heteroatoms. The third-order valence-electron chi connectivity index (χ3n) is 9.90. The first-order valence-corrected chi connectivity index (χ1v) is 23.4. The molecule has 0 heterocycles. The molecule has 1 aliphatic carbocycles. The maximum absolute atomic E-state index is 12.8. The molecule has 58 heavy (non-hydrogen) atoms. The van der Waals surface area contributed by atoms with E-state index in [-0.39, 0.29) is 12.8 Å². The number of hydrogen-bond acceptors (Lipinski definition) is 12. The van der Waals surface area contributed by atoms with Crippen molar-refractivity contribution in [3.8, 4) is 0 Å². The molecule has 6 N–H and O–H groups in total. The molecule has 1 rings (SSSR count). The number of carbonyl (C=O) groups excluding carboxylic acids is 2. The molecule has 8 atom stereocenters. The number of carbonyl (C=O) groups is 2. The van der Waals surface area contributed by atoms with E-state index in [0.29, 0.717) is 12.8 Å². The van der Waals surface area contributed by atoms with Gasteiger partial charge in [-0.2, -0.15) is 0 Å². The number of hydrogen-bond donors (Lipinski definition) is 6. The lowest BCUT2D eigenvalue weighted by molar-refractivity contribution is -0.220. The molecule has 1 aliphatic rings. The number of unbranched alkanes of at least 4 members (excludes halogenated alkanes) is 15. The maximum Gasteiger partial charge on any atom is 0.472 e. The largest absolute Gasteiger partial charge is 0.472 e. The summed E-state index contributed by atoms with van der Waals surface area (Å²) in [6, 6.07) is 0. The molecule has 0 aromatic heterocycles. The van der Waals surface area contributed by atoms with Crippen LogP contribution in [0.2, 0.25) is 0 Å². The Bertz CT molecular complexity index is 1210. The van der Waals surface area contributed by atoms with Gasteiger partial charge in [-0.3, -0.25) is 18.6 Å². The third-order valence-corrected chi connectivity index (χ3v) is 10.9. The molecule has 0 amide bonds. The second kappa shape index (κ2) is 34.5. The number of allylic oxidation sites excluding steroid dienone is 8. The molecule has 336 valence electrons. The van der Waals surface area contributed by atoms with Gasteiger partial charge in [0.25, 0.3) is 0 Å². The number of esters is 2. The molecule has 0 radical (unpaired) electrons.